The molecule has 0 radical (unpaired) electrons. The largest absolute Gasteiger partial charge is 0.497 e. The molecule has 5 rings (SSSR count). The zero-order valence-corrected chi connectivity index (χ0v) is 19.8. The van der Waals surface area contributed by atoms with Gasteiger partial charge in [0.25, 0.3) is 11.7 Å². The minimum atomic E-state index is -0.130. The lowest BCUT2D eigenvalue weighted by Gasteiger charge is -2.28. The first-order chi connectivity index (χ1) is 16.5. The van der Waals surface area contributed by atoms with E-state index >= 15 is 0 Å². The van der Waals surface area contributed by atoms with Gasteiger partial charge in [-0.1, -0.05) is 32.6 Å². The maximum atomic E-state index is 13.7. The van der Waals surface area contributed by atoms with Crippen molar-refractivity contribution < 1.29 is 9.53 Å². The third-order valence-electron chi connectivity index (χ3n) is 6.91. The van der Waals surface area contributed by atoms with Crippen LogP contribution in [0.5, 0.6) is 5.75 Å². The van der Waals surface area contributed by atoms with Gasteiger partial charge in [-0.05, 0) is 66.3 Å². The zero-order valence-electron chi connectivity index (χ0n) is 19.8. The van der Waals surface area contributed by atoms with Crippen molar-refractivity contribution in [2.75, 3.05) is 25.1 Å². The third kappa shape index (κ3) is 3.84. The number of carbonyl (C=O) groups excluding carboxylic acids is 1. The van der Waals surface area contributed by atoms with Crippen molar-refractivity contribution in [3.05, 3.63) is 76.8 Å². The molecule has 0 atom stereocenters. The molecule has 2 aromatic carbocycles. The molecule has 1 aromatic heterocycles. The molecule has 1 amide bonds. The lowest BCUT2D eigenvalue weighted by Crippen LogP contribution is -2.38. The Bertz CT molecular complexity index is 1250. The summed E-state index contributed by atoms with van der Waals surface area (Å²) in [7, 11) is 1.61. The van der Waals surface area contributed by atoms with E-state index in [1.165, 1.54) is 18.4 Å². The number of hydrogen-bond acceptors (Lipinski definition) is 4. The number of fused-ring (bicyclic) bond motifs is 1. The van der Waals surface area contributed by atoms with Crippen LogP contribution in [0.2, 0.25) is 0 Å². The number of benzene rings is 2. The molecule has 0 bridgehead atoms. The Morgan fingerprint density at radius 1 is 1.12 bits per heavy atom. The first kappa shape index (κ1) is 22.2. The summed E-state index contributed by atoms with van der Waals surface area (Å²) in [5.74, 6) is 0.887. The van der Waals surface area contributed by atoms with Crippen molar-refractivity contribution in [1.29, 1.82) is 0 Å². The molecule has 2 heterocycles. The predicted molar refractivity (Wildman–Crippen MR) is 132 cm³/mol. The van der Waals surface area contributed by atoms with Gasteiger partial charge < -0.3 is 19.8 Å². The standard InChI is InChI=1S/C27H29N5O2/c1-18(2)29-17-27(14-15-27)19-5-7-20(8-6-19)31-16-13-23-24(26(31)33)32(30-25(23)28-3)21-9-11-22(34-4)12-10-21/h5-12,18,29H,13-17H2,1-2,4H3. The molecule has 7 nitrogen and oxygen atoms in total. The summed E-state index contributed by atoms with van der Waals surface area (Å²) < 4.78 is 6.85. The fourth-order valence-corrected chi connectivity index (χ4v) is 4.70. The van der Waals surface area contributed by atoms with Crippen LogP contribution in [0.3, 0.4) is 0 Å². The van der Waals surface area contributed by atoms with Crippen LogP contribution in [-0.2, 0) is 11.8 Å². The predicted octanol–water partition coefficient (Wildman–Crippen LogP) is 4.66. The molecule has 7 heteroatoms. The highest BCUT2D eigenvalue weighted by Crippen LogP contribution is 2.48. The SMILES string of the molecule is [C-]#[N+]c1nn(-c2ccc(OC)cc2)c2c1CCN(c1ccc(C3(CNC(C)C)CC3)cc1)C2=O. The molecule has 2 aliphatic rings. The van der Waals surface area contributed by atoms with Crippen molar-refractivity contribution in [3.8, 4) is 11.4 Å². The summed E-state index contributed by atoms with van der Waals surface area (Å²) in [4.78, 5) is 19.0. The smallest absolute Gasteiger partial charge is 0.300 e. The molecule has 1 N–H and O–H groups in total. The van der Waals surface area contributed by atoms with Crippen molar-refractivity contribution in [2.24, 2.45) is 0 Å². The number of rotatable bonds is 7. The highest BCUT2D eigenvalue weighted by atomic mass is 16.5. The number of aromatic nitrogens is 2. The van der Waals surface area contributed by atoms with E-state index in [2.05, 4.69) is 53.4 Å². The summed E-state index contributed by atoms with van der Waals surface area (Å²) in [6.45, 7) is 13.4. The van der Waals surface area contributed by atoms with E-state index in [1.807, 2.05) is 24.3 Å². The van der Waals surface area contributed by atoms with Gasteiger partial charge in [-0.2, -0.15) is 4.68 Å². The third-order valence-corrected chi connectivity index (χ3v) is 6.91. The van der Waals surface area contributed by atoms with Gasteiger partial charge in [-0.15, -0.1) is 0 Å². The highest BCUT2D eigenvalue weighted by Gasteiger charge is 2.44. The van der Waals surface area contributed by atoms with Crippen LogP contribution < -0.4 is 15.0 Å². The summed E-state index contributed by atoms with van der Waals surface area (Å²) in [5.41, 5.74) is 4.34. The number of nitrogens with zero attached hydrogens (tertiary/aromatic N) is 4. The van der Waals surface area contributed by atoms with Gasteiger partial charge in [0, 0.05) is 35.8 Å². The molecule has 1 saturated carbocycles. The second-order valence-corrected chi connectivity index (χ2v) is 9.44. The molecular weight excluding hydrogens is 426 g/mol. The Hall–Kier alpha value is -3.63. The van der Waals surface area contributed by atoms with Gasteiger partial charge in [-0.25, -0.2) is 0 Å². The van der Waals surface area contributed by atoms with Gasteiger partial charge in [0.15, 0.2) is 0 Å². The van der Waals surface area contributed by atoms with E-state index in [-0.39, 0.29) is 11.3 Å². The fraction of sp³-hybridized carbons (Fsp3) is 0.370. The number of anilines is 1. The molecule has 1 aliphatic heterocycles. The van der Waals surface area contributed by atoms with E-state index in [1.54, 1.807) is 16.7 Å². The maximum Gasteiger partial charge on any atom is 0.300 e. The number of amides is 1. The van der Waals surface area contributed by atoms with Crippen LogP contribution in [0.4, 0.5) is 11.5 Å². The Labute approximate surface area is 200 Å². The molecule has 0 saturated heterocycles. The number of nitrogens with one attached hydrogen (secondary N) is 1. The molecular formula is C27H29N5O2. The summed E-state index contributed by atoms with van der Waals surface area (Å²) in [6, 6.07) is 16.3. The maximum absolute atomic E-state index is 13.7. The summed E-state index contributed by atoms with van der Waals surface area (Å²) in [6.07, 6.45) is 2.98. The van der Waals surface area contributed by atoms with Gasteiger partial charge >= 0.3 is 0 Å². The fourth-order valence-electron chi connectivity index (χ4n) is 4.70. The van der Waals surface area contributed by atoms with Crippen molar-refractivity contribution >= 4 is 17.4 Å². The van der Waals surface area contributed by atoms with Crippen LogP contribution >= 0.6 is 0 Å². The Balaban J connectivity index is 1.44. The minimum Gasteiger partial charge on any atom is -0.497 e. The van der Waals surface area contributed by atoms with Crippen LogP contribution in [0.15, 0.2) is 48.5 Å². The topological polar surface area (TPSA) is 63.8 Å². The lowest BCUT2D eigenvalue weighted by atomic mass is 9.95. The number of methoxy groups -OCH3 is 1. The van der Waals surface area contributed by atoms with Crippen molar-refractivity contribution in [3.63, 3.8) is 0 Å². The van der Waals surface area contributed by atoms with E-state index in [0.717, 1.165) is 29.2 Å². The van der Waals surface area contributed by atoms with Gasteiger partial charge in [0.2, 0.25) is 0 Å². The Kier molecular flexibility index (Phi) is 5.62. The Morgan fingerprint density at radius 2 is 1.79 bits per heavy atom. The first-order valence-electron chi connectivity index (χ1n) is 11.8. The summed E-state index contributed by atoms with van der Waals surface area (Å²) in [5, 5.41) is 8.04. The van der Waals surface area contributed by atoms with Crippen molar-refractivity contribution in [1.82, 2.24) is 15.1 Å². The number of carbonyl (C=O) groups is 1. The normalized spacial score (nSPS) is 16.3. The van der Waals surface area contributed by atoms with Crippen LogP contribution in [0.1, 0.15) is 48.3 Å². The van der Waals surface area contributed by atoms with E-state index in [9.17, 15) is 4.79 Å². The summed E-state index contributed by atoms with van der Waals surface area (Å²) >= 11 is 0. The monoisotopic (exact) mass is 455 g/mol. The molecule has 0 unspecified atom stereocenters. The minimum absolute atomic E-state index is 0.130. The highest BCUT2D eigenvalue weighted by molar-refractivity contribution is 6.08. The second-order valence-electron chi connectivity index (χ2n) is 9.44. The average molecular weight is 456 g/mol. The van der Waals surface area contributed by atoms with Crippen LogP contribution in [0, 0.1) is 6.57 Å². The molecule has 3 aromatic rings. The van der Waals surface area contributed by atoms with Gasteiger partial charge in [0.05, 0.1) is 12.8 Å². The lowest BCUT2D eigenvalue weighted by molar-refractivity contribution is 0.0973. The quantitative estimate of drug-likeness (QED) is 0.526. The zero-order chi connectivity index (χ0) is 23.9. The van der Waals surface area contributed by atoms with E-state index in [0.29, 0.717) is 30.5 Å². The van der Waals surface area contributed by atoms with Crippen LogP contribution in [0.25, 0.3) is 10.5 Å². The molecule has 34 heavy (non-hydrogen) atoms. The first-order valence-corrected chi connectivity index (χ1v) is 11.8. The molecule has 174 valence electrons. The van der Waals surface area contributed by atoms with Gasteiger partial charge in [-0.3, -0.25) is 4.79 Å². The Morgan fingerprint density at radius 3 is 2.38 bits per heavy atom. The van der Waals surface area contributed by atoms with Crippen molar-refractivity contribution in [2.45, 2.75) is 44.6 Å². The number of ether oxygens (including phenoxy) is 1. The van der Waals surface area contributed by atoms with E-state index in [4.69, 9.17) is 11.3 Å². The van der Waals surface area contributed by atoms with Crippen LogP contribution in [-0.4, -0.2) is 41.9 Å². The average Bonchev–Trinajstić information content (AvgIpc) is 3.56. The van der Waals surface area contributed by atoms with Gasteiger partial charge in [0.1, 0.15) is 11.4 Å². The number of hydrogen-bond donors (Lipinski definition) is 1. The molecule has 1 aliphatic carbocycles. The second kappa shape index (κ2) is 8.62. The molecule has 0 spiro atoms. The van der Waals surface area contributed by atoms with E-state index < -0.39 is 0 Å². The molecule has 1 fully saturated rings.